The average Bonchev–Trinajstić information content (AvgIpc) is 1.63. The molecule has 1 atom stereocenters. The van der Waals surface area contributed by atoms with Crippen molar-refractivity contribution in [2.75, 3.05) is 0 Å². The Balaban J connectivity index is 3.71. The predicted molar refractivity (Wildman–Crippen MR) is 35.8 cm³/mol. The van der Waals surface area contributed by atoms with Gasteiger partial charge >= 0.3 is 5.97 Å². The van der Waals surface area contributed by atoms with Gasteiger partial charge in [0.2, 0.25) is 0 Å². The molecule has 0 saturated carbocycles. The Hall–Kier alpha value is -0.530. The Bertz CT molecular complexity index is 105. The summed E-state index contributed by atoms with van der Waals surface area (Å²) in [5.74, 6) is -0.269. The SMILES string of the molecule is [CH2]C(C)(CC)OC(C)=O. The normalized spacial score (nSPS) is 11.1. The van der Waals surface area contributed by atoms with Gasteiger partial charge in [-0.3, -0.25) is 4.79 Å². The number of hydrogen-bond acceptors (Lipinski definition) is 2. The van der Waals surface area contributed by atoms with Crippen LogP contribution in [0.4, 0.5) is 0 Å². The lowest BCUT2D eigenvalue weighted by atomic mass is 10.1. The first-order chi connectivity index (χ1) is 3.98. The van der Waals surface area contributed by atoms with Crippen molar-refractivity contribution in [3.63, 3.8) is 0 Å². The Morgan fingerprint density at radius 3 is 2.33 bits per heavy atom. The van der Waals surface area contributed by atoms with E-state index in [0.29, 0.717) is 0 Å². The molecule has 0 aromatic heterocycles. The van der Waals surface area contributed by atoms with Crippen LogP contribution in [0.3, 0.4) is 0 Å². The molecule has 0 aromatic carbocycles. The highest BCUT2D eigenvalue weighted by Gasteiger charge is 2.17. The van der Waals surface area contributed by atoms with Crippen molar-refractivity contribution in [3.8, 4) is 0 Å². The molecule has 9 heavy (non-hydrogen) atoms. The molecule has 2 heteroatoms. The number of hydrogen-bond donors (Lipinski definition) is 0. The Morgan fingerprint density at radius 1 is 1.78 bits per heavy atom. The molecule has 1 radical (unpaired) electrons. The van der Waals surface area contributed by atoms with Crippen LogP contribution < -0.4 is 0 Å². The van der Waals surface area contributed by atoms with Crippen LogP contribution in [-0.2, 0) is 9.53 Å². The summed E-state index contributed by atoms with van der Waals surface area (Å²) in [6, 6.07) is 0. The second-order valence-electron chi connectivity index (χ2n) is 2.40. The third-order valence-corrected chi connectivity index (χ3v) is 1.14. The maximum absolute atomic E-state index is 10.4. The second kappa shape index (κ2) is 2.85. The van der Waals surface area contributed by atoms with E-state index < -0.39 is 5.60 Å². The maximum Gasteiger partial charge on any atom is 0.303 e. The van der Waals surface area contributed by atoms with Crippen LogP contribution in [0.2, 0.25) is 0 Å². The van der Waals surface area contributed by atoms with Crippen molar-refractivity contribution in [2.24, 2.45) is 0 Å². The molecule has 1 unspecified atom stereocenters. The summed E-state index contributed by atoms with van der Waals surface area (Å²) in [6.45, 7) is 8.79. The molecule has 0 saturated heterocycles. The zero-order chi connectivity index (χ0) is 7.49. The molecule has 0 amide bonds. The fraction of sp³-hybridized carbons (Fsp3) is 0.714. The van der Waals surface area contributed by atoms with Gasteiger partial charge in [-0.15, -0.1) is 0 Å². The van der Waals surface area contributed by atoms with Crippen LogP contribution >= 0.6 is 0 Å². The summed E-state index contributed by atoms with van der Waals surface area (Å²) < 4.78 is 4.84. The minimum absolute atomic E-state index is 0.269. The van der Waals surface area contributed by atoms with E-state index in [4.69, 9.17) is 4.74 Å². The Morgan fingerprint density at radius 2 is 2.22 bits per heavy atom. The number of carbonyl (C=O) groups is 1. The van der Waals surface area contributed by atoms with Crippen LogP contribution in [0.25, 0.3) is 0 Å². The number of rotatable bonds is 2. The summed E-state index contributed by atoms with van der Waals surface area (Å²) in [7, 11) is 0. The predicted octanol–water partition coefficient (Wildman–Crippen LogP) is 1.55. The number of ether oxygens (including phenoxy) is 1. The summed E-state index contributed by atoms with van der Waals surface area (Å²) >= 11 is 0. The van der Waals surface area contributed by atoms with Crippen LogP contribution in [0.1, 0.15) is 27.2 Å². The molecule has 0 bridgehead atoms. The molecule has 0 fully saturated rings. The smallest absolute Gasteiger partial charge is 0.303 e. The molecule has 0 aliphatic rings. The first kappa shape index (κ1) is 8.47. The monoisotopic (exact) mass is 129 g/mol. The van der Waals surface area contributed by atoms with Crippen molar-refractivity contribution < 1.29 is 9.53 Å². The highest BCUT2D eigenvalue weighted by Crippen LogP contribution is 2.12. The standard InChI is InChI=1S/C7H13O2/c1-5-7(3,4)9-6(2)8/h3,5H2,1-2,4H3. The van der Waals surface area contributed by atoms with E-state index in [9.17, 15) is 4.79 Å². The topological polar surface area (TPSA) is 26.3 Å². The van der Waals surface area contributed by atoms with E-state index in [1.54, 1.807) is 6.92 Å². The molecule has 0 heterocycles. The molecular weight excluding hydrogens is 116 g/mol. The average molecular weight is 129 g/mol. The Labute approximate surface area is 56.2 Å². The zero-order valence-corrected chi connectivity index (χ0v) is 6.23. The number of esters is 1. The molecular formula is C7H13O2. The molecule has 0 aromatic rings. The van der Waals surface area contributed by atoms with Crippen molar-refractivity contribution in [1.29, 1.82) is 0 Å². The summed E-state index contributed by atoms with van der Waals surface area (Å²) in [5.41, 5.74) is -0.536. The van der Waals surface area contributed by atoms with Gasteiger partial charge in [0, 0.05) is 6.92 Å². The third kappa shape index (κ3) is 4.01. The zero-order valence-electron chi connectivity index (χ0n) is 6.23. The van der Waals surface area contributed by atoms with E-state index >= 15 is 0 Å². The lowest BCUT2D eigenvalue weighted by Gasteiger charge is -2.21. The van der Waals surface area contributed by atoms with Gasteiger partial charge in [-0.2, -0.15) is 0 Å². The van der Waals surface area contributed by atoms with E-state index in [1.165, 1.54) is 6.92 Å². The third-order valence-electron chi connectivity index (χ3n) is 1.14. The molecule has 0 spiro atoms. The highest BCUT2D eigenvalue weighted by molar-refractivity contribution is 5.66. The summed E-state index contributed by atoms with van der Waals surface area (Å²) in [6.07, 6.45) is 0.743. The lowest BCUT2D eigenvalue weighted by Crippen LogP contribution is -2.25. The van der Waals surface area contributed by atoms with E-state index in [2.05, 4.69) is 6.92 Å². The molecule has 0 N–H and O–H groups in total. The minimum Gasteiger partial charge on any atom is -0.460 e. The van der Waals surface area contributed by atoms with Crippen molar-refractivity contribution in [2.45, 2.75) is 32.8 Å². The van der Waals surface area contributed by atoms with Gasteiger partial charge in [0.05, 0.1) is 0 Å². The van der Waals surface area contributed by atoms with Gasteiger partial charge in [-0.25, -0.2) is 0 Å². The van der Waals surface area contributed by atoms with Gasteiger partial charge in [0.25, 0.3) is 0 Å². The van der Waals surface area contributed by atoms with Gasteiger partial charge in [-0.05, 0) is 20.3 Å². The quantitative estimate of drug-likeness (QED) is 0.529. The minimum atomic E-state index is -0.536. The highest BCUT2D eigenvalue weighted by atomic mass is 16.6. The molecule has 2 nitrogen and oxygen atoms in total. The number of carbonyl (C=O) groups excluding carboxylic acids is 1. The largest absolute Gasteiger partial charge is 0.460 e. The first-order valence-electron chi connectivity index (χ1n) is 3.03. The fourth-order valence-electron chi connectivity index (χ4n) is 0.419. The summed E-state index contributed by atoms with van der Waals surface area (Å²) in [5, 5.41) is 0. The Kier molecular flexibility index (Phi) is 2.68. The molecule has 0 rings (SSSR count). The summed E-state index contributed by atoms with van der Waals surface area (Å²) in [4.78, 5) is 10.4. The van der Waals surface area contributed by atoms with Crippen molar-refractivity contribution in [1.82, 2.24) is 0 Å². The lowest BCUT2D eigenvalue weighted by molar-refractivity contribution is -0.151. The van der Waals surface area contributed by atoms with Crippen LogP contribution in [-0.4, -0.2) is 11.6 Å². The van der Waals surface area contributed by atoms with E-state index in [1.807, 2.05) is 6.92 Å². The van der Waals surface area contributed by atoms with Crippen LogP contribution in [0.15, 0.2) is 0 Å². The van der Waals surface area contributed by atoms with E-state index in [0.717, 1.165) is 6.42 Å². The van der Waals surface area contributed by atoms with Crippen molar-refractivity contribution >= 4 is 5.97 Å². The van der Waals surface area contributed by atoms with Gasteiger partial charge in [0.1, 0.15) is 5.60 Å². The molecule has 53 valence electrons. The van der Waals surface area contributed by atoms with E-state index in [-0.39, 0.29) is 5.97 Å². The fourth-order valence-corrected chi connectivity index (χ4v) is 0.419. The second-order valence-corrected chi connectivity index (χ2v) is 2.40. The van der Waals surface area contributed by atoms with Crippen LogP contribution in [0.5, 0.6) is 0 Å². The molecule has 0 aliphatic carbocycles. The molecule has 0 aliphatic heterocycles. The van der Waals surface area contributed by atoms with Crippen molar-refractivity contribution in [3.05, 3.63) is 6.92 Å². The van der Waals surface area contributed by atoms with Gasteiger partial charge in [-0.1, -0.05) is 6.92 Å². The first-order valence-corrected chi connectivity index (χ1v) is 3.03. The van der Waals surface area contributed by atoms with Crippen LogP contribution in [0, 0.1) is 6.92 Å². The van der Waals surface area contributed by atoms with Gasteiger partial charge in [0.15, 0.2) is 0 Å². The van der Waals surface area contributed by atoms with Gasteiger partial charge < -0.3 is 4.74 Å². The maximum atomic E-state index is 10.4.